The Morgan fingerprint density at radius 3 is 2.60 bits per heavy atom. The van der Waals surface area contributed by atoms with Crippen LogP contribution in [-0.4, -0.2) is 36.8 Å². The lowest BCUT2D eigenvalue weighted by molar-refractivity contribution is -0.137. The van der Waals surface area contributed by atoms with Gasteiger partial charge < -0.3 is 9.84 Å². The molecule has 0 saturated carbocycles. The van der Waals surface area contributed by atoms with Gasteiger partial charge in [-0.3, -0.25) is 13.7 Å². The molecule has 1 aliphatic rings. The van der Waals surface area contributed by atoms with Gasteiger partial charge in [-0.05, 0) is 18.6 Å². The molecule has 2 N–H and O–H groups in total. The van der Waals surface area contributed by atoms with Crippen molar-refractivity contribution in [1.82, 2.24) is 4.31 Å². The molecule has 0 aromatic rings. The van der Waals surface area contributed by atoms with Crippen molar-refractivity contribution in [3.8, 4) is 0 Å². The third-order valence-electron chi connectivity index (χ3n) is 2.60. The molecule has 20 heavy (non-hydrogen) atoms. The zero-order chi connectivity index (χ0) is 15.1. The fraction of sp³-hybridized carbons (Fsp3) is 0.308. The maximum Gasteiger partial charge on any atom is 0.303 e. The summed E-state index contributed by atoms with van der Waals surface area (Å²) in [5.41, 5.74) is 0.410. The van der Waals surface area contributed by atoms with E-state index in [9.17, 15) is 13.6 Å². The first-order chi connectivity index (χ1) is 9.49. The third-order valence-corrected chi connectivity index (χ3v) is 3.32. The van der Waals surface area contributed by atoms with Gasteiger partial charge in [0.05, 0.1) is 12.2 Å². The van der Waals surface area contributed by atoms with Crippen LogP contribution in [0.25, 0.3) is 0 Å². The van der Waals surface area contributed by atoms with Crippen molar-refractivity contribution in [2.24, 2.45) is 0 Å². The summed E-state index contributed by atoms with van der Waals surface area (Å²) in [7, 11) is 0. The zero-order valence-electron chi connectivity index (χ0n) is 10.9. The Morgan fingerprint density at radius 2 is 2.10 bits per heavy atom. The summed E-state index contributed by atoms with van der Waals surface area (Å²) in [5.74, 6) is -0.573. The number of morpholine rings is 1. The Kier molecular flexibility index (Phi) is 6.20. The molecular weight excluding hydrogens is 282 g/mol. The largest absolute Gasteiger partial charge is 0.486 e. The molecule has 110 valence electrons. The first kappa shape index (κ1) is 16.2. The molecule has 0 bridgehead atoms. The molecule has 0 aromatic heterocycles. The van der Waals surface area contributed by atoms with E-state index in [1.54, 1.807) is 12.2 Å². The molecule has 0 radical (unpaired) electrons. The van der Waals surface area contributed by atoms with Crippen LogP contribution in [0.15, 0.2) is 48.9 Å². The van der Waals surface area contributed by atoms with Crippen molar-refractivity contribution in [2.45, 2.75) is 18.9 Å². The maximum atomic E-state index is 11.4. The van der Waals surface area contributed by atoms with Crippen LogP contribution in [0.1, 0.15) is 12.8 Å². The van der Waals surface area contributed by atoms with Gasteiger partial charge in [-0.25, -0.2) is 4.21 Å². The van der Waals surface area contributed by atoms with Gasteiger partial charge in [0, 0.05) is 6.42 Å². The molecule has 1 aliphatic heterocycles. The second-order valence-corrected chi connectivity index (χ2v) is 4.92. The molecule has 0 aromatic carbocycles. The minimum absolute atomic E-state index is 0.0710. The van der Waals surface area contributed by atoms with E-state index in [4.69, 9.17) is 9.84 Å². The summed E-state index contributed by atoms with van der Waals surface area (Å²) in [6, 6.07) is 0. The second kappa shape index (κ2) is 7.66. The van der Waals surface area contributed by atoms with Crippen molar-refractivity contribution < 1.29 is 23.4 Å². The SMILES string of the molecule is C=C/C=C1/O[C@@H](CCC(=O)O)CN(S(=O)O)/C1=C/C=C. The number of ether oxygens (including phenoxy) is 1. The van der Waals surface area contributed by atoms with Crippen LogP contribution in [0, 0.1) is 0 Å². The molecule has 1 saturated heterocycles. The van der Waals surface area contributed by atoms with Gasteiger partial charge in [0.15, 0.2) is 0 Å². The minimum atomic E-state index is -2.23. The number of allylic oxidation sites excluding steroid dienone is 4. The van der Waals surface area contributed by atoms with Crippen molar-refractivity contribution in [3.05, 3.63) is 48.9 Å². The number of hydrogen-bond donors (Lipinski definition) is 2. The van der Waals surface area contributed by atoms with Crippen LogP contribution in [0.2, 0.25) is 0 Å². The molecule has 0 aliphatic carbocycles. The van der Waals surface area contributed by atoms with Crippen molar-refractivity contribution >= 4 is 17.2 Å². The second-order valence-electron chi connectivity index (χ2n) is 4.02. The molecule has 1 unspecified atom stereocenters. The molecule has 0 amide bonds. The molecule has 2 atom stereocenters. The highest BCUT2D eigenvalue weighted by Crippen LogP contribution is 2.28. The van der Waals surface area contributed by atoms with Gasteiger partial charge in [0.1, 0.15) is 11.9 Å². The molecule has 0 spiro atoms. The van der Waals surface area contributed by atoms with Crippen LogP contribution < -0.4 is 0 Å². The van der Waals surface area contributed by atoms with E-state index >= 15 is 0 Å². The van der Waals surface area contributed by atoms with Crippen LogP contribution in [0.5, 0.6) is 0 Å². The Balaban J connectivity index is 3.00. The standard InChI is InChI=1S/C13H17NO5S/c1-3-5-11-12(6-4-2)19-10(7-8-13(15)16)9-14(11)20(17)18/h3-6,10H,1-2,7-9H2,(H,15,16)(H,17,18)/b11-5+,12-6+/t10-/m0/s1. The molecule has 1 rings (SSSR count). The minimum Gasteiger partial charge on any atom is -0.486 e. The lowest BCUT2D eigenvalue weighted by Gasteiger charge is -2.35. The van der Waals surface area contributed by atoms with E-state index < -0.39 is 23.3 Å². The van der Waals surface area contributed by atoms with Crippen molar-refractivity contribution in [1.29, 1.82) is 0 Å². The Bertz CT molecular complexity index is 483. The average molecular weight is 299 g/mol. The third kappa shape index (κ3) is 4.36. The number of carbonyl (C=O) groups is 1. The van der Waals surface area contributed by atoms with Crippen LogP contribution in [0.3, 0.4) is 0 Å². The topological polar surface area (TPSA) is 87.1 Å². The summed E-state index contributed by atoms with van der Waals surface area (Å²) in [6.07, 6.45) is 5.78. The van der Waals surface area contributed by atoms with E-state index in [1.807, 2.05) is 0 Å². The highest BCUT2D eigenvalue weighted by atomic mass is 32.2. The maximum absolute atomic E-state index is 11.4. The zero-order valence-corrected chi connectivity index (χ0v) is 11.7. The number of nitrogens with zero attached hydrogens (tertiary/aromatic N) is 1. The van der Waals surface area contributed by atoms with E-state index in [-0.39, 0.29) is 19.4 Å². The normalized spacial score (nSPS) is 24.2. The van der Waals surface area contributed by atoms with Gasteiger partial charge in [0.2, 0.25) is 0 Å². The molecule has 1 heterocycles. The van der Waals surface area contributed by atoms with Crippen LogP contribution in [0.4, 0.5) is 0 Å². The summed E-state index contributed by atoms with van der Waals surface area (Å²) in [6.45, 7) is 7.24. The predicted molar refractivity (Wildman–Crippen MR) is 75.8 cm³/mol. The molecule has 6 nitrogen and oxygen atoms in total. The van der Waals surface area contributed by atoms with Gasteiger partial charge in [-0.1, -0.05) is 25.3 Å². The van der Waals surface area contributed by atoms with Gasteiger partial charge in [0.25, 0.3) is 11.3 Å². The monoisotopic (exact) mass is 299 g/mol. The Hall–Kier alpha value is -1.86. The number of carboxylic acid groups (broad SMARTS) is 1. The first-order valence-electron chi connectivity index (χ1n) is 5.92. The molecule has 1 fully saturated rings. The summed E-state index contributed by atoms with van der Waals surface area (Å²) < 4.78 is 27.6. The molecule has 7 heteroatoms. The summed E-state index contributed by atoms with van der Waals surface area (Å²) >= 11 is -2.23. The Labute approximate surface area is 120 Å². The molecular formula is C13H17NO5S. The van der Waals surface area contributed by atoms with Gasteiger partial charge >= 0.3 is 5.97 Å². The number of aliphatic carboxylic acids is 1. The quantitative estimate of drug-likeness (QED) is 0.731. The summed E-state index contributed by atoms with van der Waals surface area (Å²) in [4.78, 5) is 10.6. The average Bonchev–Trinajstić information content (AvgIpc) is 2.38. The highest BCUT2D eigenvalue weighted by Gasteiger charge is 2.31. The Morgan fingerprint density at radius 1 is 1.45 bits per heavy atom. The smallest absolute Gasteiger partial charge is 0.303 e. The van der Waals surface area contributed by atoms with Crippen molar-refractivity contribution in [2.75, 3.05) is 6.54 Å². The lowest BCUT2D eigenvalue weighted by Crippen LogP contribution is -2.40. The number of rotatable bonds is 6. The van der Waals surface area contributed by atoms with Gasteiger partial charge in [-0.15, -0.1) is 0 Å². The number of carboxylic acids is 1. The number of hydrogen-bond acceptors (Lipinski definition) is 3. The van der Waals surface area contributed by atoms with E-state index in [0.29, 0.717) is 11.5 Å². The fourth-order valence-corrected chi connectivity index (χ4v) is 2.39. The highest BCUT2D eigenvalue weighted by molar-refractivity contribution is 7.76. The van der Waals surface area contributed by atoms with E-state index in [1.165, 1.54) is 16.5 Å². The van der Waals surface area contributed by atoms with E-state index in [0.717, 1.165) is 0 Å². The van der Waals surface area contributed by atoms with Crippen molar-refractivity contribution in [3.63, 3.8) is 0 Å². The van der Waals surface area contributed by atoms with E-state index in [2.05, 4.69) is 13.2 Å². The van der Waals surface area contributed by atoms with Crippen LogP contribution >= 0.6 is 0 Å². The lowest BCUT2D eigenvalue weighted by atomic mass is 10.1. The van der Waals surface area contributed by atoms with Gasteiger partial charge in [-0.2, -0.15) is 0 Å². The predicted octanol–water partition coefficient (Wildman–Crippen LogP) is 1.83. The fourth-order valence-electron chi connectivity index (χ4n) is 1.77. The first-order valence-corrected chi connectivity index (χ1v) is 6.98. The van der Waals surface area contributed by atoms with Crippen LogP contribution in [-0.2, 0) is 20.8 Å². The summed E-state index contributed by atoms with van der Waals surface area (Å²) in [5, 5.41) is 8.69.